The summed E-state index contributed by atoms with van der Waals surface area (Å²) in [5, 5.41) is 14.3. The van der Waals surface area contributed by atoms with Gasteiger partial charge in [-0.2, -0.15) is 0 Å². The molecule has 0 aliphatic heterocycles. The van der Waals surface area contributed by atoms with Gasteiger partial charge in [0, 0.05) is 6.92 Å². The van der Waals surface area contributed by atoms with Crippen LogP contribution < -0.4 is 5.32 Å². The molecule has 0 bridgehead atoms. The lowest BCUT2D eigenvalue weighted by molar-refractivity contribution is -0.163. The molecule has 0 spiro atoms. The molecule has 0 radical (unpaired) electrons. The highest BCUT2D eigenvalue weighted by Gasteiger charge is 2.41. The van der Waals surface area contributed by atoms with Crippen LogP contribution in [-0.4, -0.2) is 55.7 Å². The minimum absolute atomic E-state index is 0.124. The highest BCUT2D eigenvalue weighted by Crippen LogP contribution is 2.34. The Hall–Kier alpha value is -4.44. The van der Waals surface area contributed by atoms with E-state index in [0.717, 1.165) is 0 Å². The van der Waals surface area contributed by atoms with Crippen molar-refractivity contribution in [2.45, 2.75) is 45.4 Å². The van der Waals surface area contributed by atoms with Gasteiger partial charge < -0.3 is 29.4 Å². The molecule has 10 nitrogen and oxygen atoms in total. The molecular weight excluding hydrogens is 504 g/mol. The van der Waals surface area contributed by atoms with E-state index in [9.17, 15) is 19.5 Å². The van der Waals surface area contributed by atoms with E-state index in [1.165, 1.54) is 27.0 Å². The smallest absolute Gasteiger partial charge is 0.328 e. The fraction of sp³-hybridized carbons (Fsp3) is 0.310. The van der Waals surface area contributed by atoms with Crippen molar-refractivity contribution in [3.05, 3.63) is 95.1 Å². The van der Waals surface area contributed by atoms with Gasteiger partial charge in [-0.3, -0.25) is 14.6 Å². The molecule has 0 saturated heterocycles. The van der Waals surface area contributed by atoms with Crippen molar-refractivity contribution in [3.8, 4) is 0 Å². The summed E-state index contributed by atoms with van der Waals surface area (Å²) in [4.78, 5) is 40.9. The number of allylic oxidation sites excluding steroid dienone is 1. The molecule has 0 unspecified atom stereocenters. The van der Waals surface area contributed by atoms with Crippen molar-refractivity contribution in [2.75, 3.05) is 13.9 Å². The summed E-state index contributed by atoms with van der Waals surface area (Å²) in [6.45, 7) is 8.72. The summed E-state index contributed by atoms with van der Waals surface area (Å²) in [6.07, 6.45) is 0.474. The zero-order chi connectivity index (χ0) is 29.0. The Balaban J connectivity index is 2.28. The number of methoxy groups -OCH3 is 1. The molecule has 0 aromatic heterocycles. The molecule has 1 amide bonds. The number of hydrogen-bond donors (Lipinski definition) is 2. The van der Waals surface area contributed by atoms with Gasteiger partial charge in [-0.15, -0.1) is 0 Å². The molecule has 208 valence electrons. The average Bonchev–Trinajstić information content (AvgIpc) is 2.94. The van der Waals surface area contributed by atoms with Crippen LogP contribution in [-0.2, 0) is 38.9 Å². The van der Waals surface area contributed by atoms with E-state index in [1.807, 2.05) is 12.1 Å². The van der Waals surface area contributed by atoms with Gasteiger partial charge in [-0.05, 0) is 44.7 Å². The van der Waals surface area contributed by atoms with Gasteiger partial charge in [0.25, 0.3) is 5.91 Å². The predicted octanol–water partition coefficient (Wildman–Crippen LogP) is 3.36. The maximum atomic E-state index is 13.1. The summed E-state index contributed by atoms with van der Waals surface area (Å²) in [5.74, 6) is -2.24. The quantitative estimate of drug-likeness (QED) is 0.0991. The Labute approximate surface area is 227 Å². The van der Waals surface area contributed by atoms with Crippen molar-refractivity contribution in [1.29, 1.82) is 0 Å². The number of aliphatic imine (C=N–C) groups is 1. The van der Waals surface area contributed by atoms with Gasteiger partial charge in [0.15, 0.2) is 22.8 Å². The average molecular weight is 539 g/mol. The van der Waals surface area contributed by atoms with Crippen LogP contribution in [0, 0.1) is 0 Å². The zero-order valence-corrected chi connectivity index (χ0v) is 22.7. The number of nitrogens with zero attached hydrogens (tertiary/aromatic N) is 1. The summed E-state index contributed by atoms with van der Waals surface area (Å²) in [7, 11) is 1.35. The molecule has 2 atom stereocenters. The summed E-state index contributed by atoms with van der Waals surface area (Å²) in [5.41, 5.74) is -0.911. The van der Waals surface area contributed by atoms with Crippen molar-refractivity contribution >= 4 is 24.6 Å². The van der Waals surface area contributed by atoms with E-state index >= 15 is 0 Å². The van der Waals surface area contributed by atoms with Crippen molar-refractivity contribution < 1.29 is 38.4 Å². The Kier molecular flexibility index (Phi) is 11.4. The second-order valence-corrected chi connectivity index (χ2v) is 8.36. The van der Waals surface area contributed by atoms with Crippen LogP contribution in [0.2, 0.25) is 0 Å². The minimum atomic E-state index is -1.66. The third-order valence-corrected chi connectivity index (χ3v) is 5.77. The lowest BCUT2D eigenvalue weighted by Gasteiger charge is -2.35. The molecule has 0 saturated carbocycles. The number of rotatable bonds is 13. The molecule has 39 heavy (non-hydrogen) atoms. The topological polar surface area (TPSA) is 133 Å². The zero-order valence-electron chi connectivity index (χ0n) is 22.7. The van der Waals surface area contributed by atoms with Gasteiger partial charge in [0.2, 0.25) is 6.79 Å². The lowest BCUT2D eigenvalue weighted by Crippen LogP contribution is -2.46. The van der Waals surface area contributed by atoms with Crippen LogP contribution in [0.15, 0.2) is 88.9 Å². The first kappa shape index (κ1) is 30.8. The van der Waals surface area contributed by atoms with Gasteiger partial charge in [0.05, 0.1) is 7.11 Å². The molecule has 0 fully saturated rings. The number of ether oxygens (including phenoxy) is 4. The molecule has 0 aliphatic carbocycles. The van der Waals surface area contributed by atoms with Crippen LogP contribution in [0.4, 0.5) is 0 Å². The highest BCUT2D eigenvalue weighted by molar-refractivity contribution is 5.97. The molecule has 2 aromatic rings. The third kappa shape index (κ3) is 7.78. The van der Waals surface area contributed by atoms with Gasteiger partial charge >= 0.3 is 11.9 Å². The number of hydrogen-bond acceptors (Lipinski definition) is 9. The Morgan fingerprint density at radius 2 is 1.56 bits per heavy atom. The summed E-state index contributed by atoms with van der Waals surface area (Å²) < 4.78 is 21.1. The number of nitrogens with one attached hydrogen (secondary N) is 1. The molecule has 2 N–H and O–H groups in total. The maximum absolute atomic E-state index is 13.1. The molecule has 2 rings (SSSR count). The predicted molar refractivity (Wildman–Crippen MR) is 144 cm³/mol. The Morgan fingerprint density at radius 3 is 2.00 bits per heavy atom. The van der Waals surface area contributed by atoms with Gasteiger partial charge in [-0.25, -0.2) is 4.79 Å². The summed E-state index contributed by atoms with van der Waals surface area (Å²) >= 11 is 0. The van der Waals surface area contributed by atoms with Crippen molar-refractivity contribution in [3.63, 3.8) is 0 Å². The fourth-order valence-corrected chi connectivity index (χ4v) is 3.72. The van der Waals surface area contributed by atoms with E-state index in [0.29, 0.717) is 11.1 Å². The van der Waals surface area contributed by atoms with Gasteiger partial charge in [-0.1, -0.05) is 60.7 Å². The summed E-state index contributed by atoms with van der Waals surface area (Å²) in [6, 6.07) is 16.5. The molecule has 0 heterocycles. The van der Waals surface area contributed by atoms with E-state index < -0.39 is 42.4 Å². The normalized spacial score (nSPS) is 13.7. The number of carbonyl (C=O) groups is 3. The van der Waals surface area contributed by atoms with Crippen molar-refractivity contribution in [1.82, 2.24) is 5.32 Å². The molecule has 0 aliphatic rings. The fourth-order valence-electron chi connectivity index (χ4n) is 3.72. The Bertz CT molecular complexity index is 1170. The second-order valence-electron chi connectivity index (χ2n) is 8.36. The number of esters is 2. The minimum Gasteiger partial charge on any atom is -0.493 e. The van der Waals surface area contributed by atoms with Crippen LogP contribution in [0.5, 0.6) is 0 Å². The van der Waals surface area contributed by atoms with Crippen LogP contribution in [0.3, 0.4) is 0 Å². The molecule has 10 heteroatoms. The number of amides is 1. The van der Waals surface area contributed by atoms with Crippen LogP contribution in [0.1, 0.15) is 38.8 Å². The van der Waals surface area contributed by atoms with Gasteiger partial charge in [0.1, 0.15) is 12.1 Å². The SMILES string of the molecule is C=N/C(C(=O)N[C@@H](C)C(=O)O[C@@H](C)C(O)(c1ccccc1)c1ccccc1)=C(OCOC(C)=O)\C(=C/C)OC. The first-order chi connectivity index (χ1) is 18.6. The highest BCUT2D eigenvalue weighted by atomic mass is 16.7. The molecule has 2 aromatic carbocycles. The standard InChI is InChI=1S/C29H34N2O8/c1-7-24(36-6)26(38-18-37-21(4)32)25(30-5)27(33)31-19(2)28(34)39-20(3)29(35,22-14-10-8-11-15-22)23-16-12-9-13-17-23/h7-17,19-20,35H,5,18H2,1-4,6H3,(H,31,33)/b24-7+,26-25+/t19-,20-/m0/s1. The largest absolute Gasteiger partial charge is 0.493 e. The monoisotopic (exact) mass is 538 g/mol. The van der Waals surface area contributed by atoms with E-state index in [4.69, 9.17) is 18.9 Å². The first-order valence-electron chi connectivity index (χ1n) is 12.1. The van der Waals surface area contributed by atoms with E-state index in [-0.39, 0.29) is 17.2 Å². The number of aliphatic hydroxyl groups is 1. The van der Waals surface area contributed by atoms with Crippen molar-refractivity contribution in [2.24, 2.45) is 4.99 Å². The third-order valence-electron chi connectivity index (χ3n) is 5.77. The number of benzene rings is 2. The lowest BCUT2D eigenvalue weighted by atomic mass is 9.82. The number of carbonyl (C=O) groups excluding carboxylic acids is 3. The second kappa shape index (κ2) is 14.5. The van der Waals surface area contributed by atoms with Crippen LogP contribution >= 0.6 is 0 Å². The molecular formula is C29H34N2O8. The van der Waals surface area contributed by atoms with E-state index in [1.54, 1.807) is 62.4 Å². The van der Waals surface area contributed by atoms with Crippen LogP contribution in [0.25, 0.3) is 0 Å². The van der Waals surface area contributed by atoms with E-state index in [2.05, 4.69) is 17.0 Å². The first-order valence-corrected chi connectivity index (χ1v) is 12.1. The maximum Gasteiger partial charge on any atom is 0.328 e. The Morgan fingerprint density at radius 1 is 1.03 bits per heavy atom.